The number of hydrogen-bond acceptors (Lipinski definition) is 6. The van der Waals surface area contributed by atoms with Crippen LogP contribution >= 0.6 is 0 Å². The lowest BCUT2D eigenvalue weighted by molar-refractivity contribution is -0.563. The Hall–Kier alpha value is -2.90. The third-order valence-electron chi connectivity index (χ3n) is 5.74. The number of carboxylic acid groups (broad SMARTS) is 2. The van der Waals surface area contributed by atoms with Gasteiger partial charge in [0.25, 0.3) is 0 Å². The van der Waals surface area contributed by atoms with Crippen LogP contribution in [0.25, 0.3) is 0 Å². The molecule has 0 fully saturated rings. The summed E-state index contributed by atoms with van der Waals surface area (Å²) in [4.78, 5) is 20.6. The van der Waals surface area contributed by atoms with E-state index >= 15 is 0 Å². The fraction of sp³-hybridized carbons (Fsp3) is 0.545. The first-order valence-electron chi connectivity index (χ1n) is 9.85. The monoisotopic (exact) mass is 418 g/mol. The van der Waals surface area contributed by atoms with Crippen molar-refractivity contribution >= 4 is 23.6 Å². The summed E-state index contributed by atoms with van der Waals surface area (Å²) in [5, 5.41) is 27.3. The number of amidine groups is 2. The fourth-order valence-electron chi connectivity index (χ4n) is 2.91. The summed E-state index contributed by atoms with van der Waals surface area (Å²) in [6.45, 7) is 15.3. The Bertz CT molecular complexity index is 799. The van der Waals surface area contributed by atoms with E-state index in [-0.39, 0.29) is 11.1 Å². The molecule has 2 aliphatic heterocycles. The normalized spacial score (nSPS) is 18.4. The van der Waals surface area contributed by atoms with Gasteiger partial charge in [0, 0.05) is 25.0 Å². The minimum Gasteiger partial charge on any atom is -0.545 e. The molecule has 1 aromatic carbocycles. The first-order chi connectivity index (χ1) is 13.7. The molecule has 0 spiro atoms. The molecule has 0 aliphatic carbocycles. The third kappa shape index (κ3) is 6.30. The number of carbonyl (C=O) groups excluding carboxylic acids is 2. The van der Waals surface area contributed by atoms with Gasteiger partial charge in [-0.25, -0.2) is 0 Å². The summed E-state index contributed by atoms with van der Waals surface area (Å²) < 4.78 is 4.54. The van der Waals surface area contributed by atoms with Gasteiger partial charge in [-0.05, 0) is 27.7 Å². The minimum absolute atomic E-state index is 0.310. The molecular weight excluding hydrogens is 384 g/mol. The number of benzene rings is 1. The highest BCUT2D eigenvalue weighted by Gasteiger charge is 2.34. The van der Waals surface area contributed by atoms with Crippen molar-refractivity contribution in [2.45, 2.75) is 52.6 Å². The van der Waals surface area contributed by atoms with E-state index in [1.807, 2.05) is 0 Å². The predicted molar refractivity (Wildman–Crippen MR) is 113 cm³/mol. The quantitative estimate of drug-likeness (QED) is 0.613. The molecule has 2 aliphatic rings. The van der Waals surface area contributed by atoms with Crippen molar-refractivity contribution in [1.29, 1.82) is 0 Å². The van der Waals surface area contributed by atoms with Crippen molar-refractivity contribution in [3.05, 3.63) is 35.4 Å². The van der Waals surface area contributed by atoms with Gasteiger partial charge in [0.15, 0.2) is 0 Å². The van der Waals surface area contributed by atoms with Crippen LogP contribution in [0.3, 0.4) is 0 Å². The van der Waals surface area contributed by atoms with E-state index in [4.69, 9.17) is 0 Å². The third-order valence-corrected chi connectivity index (χ3v) is 5.74. The second-order valence-electron chi connectivity index (χ2n) is 8.74. The SMILES string of the molecule is CC1=[N+](C)C(C)(C)CN1.CC1=[N+](C)C(C)(C)CN1.O=C([O-])c1ccccc1C(=O)[O-]. The van der Waals surface area contributed by atoms with Crippen molar-refractivity contribution in [3.8, 4) is 0 Å². The molecule has 30 heavy (non-hydrogen) atoms. The number of hydrogen-bond donors (Lipinski definition) is 2. The molecule has 0 aromatic heterocycles. The Morgan fingerprint density at radius 3 is 1.23 bits per heavy atom. The minimum atomic E-state index is -1.52. The summed E-state index contributed by atoms with van der Waals surface area (Å²) in [5.41, 5.74) is -0.108. The summed E-state index contributed by atoms with van der Waals surface area (Å²) in [7, 11) is 4.24. The Labute approximate surface area is 178 Å². The number of nitrogens with zero attached hydrogens (tertiary/aromatic N) is 2. The van der Waals surface area contributed by atoms with Gasteiger partial charge in [0.2, 0.25) is 11.7 Å². The van der Waals surface area contributed by atoms with Crippen LogP contribution in [0.15, 0.2) is 24.3 Å². The number of nitrogens with one attached hydrogen (secondary N) is 2. The summed E-state index contributed by atoms with van der Waals surface area (Å²) >= 11 is 0. The highest BCUT2D eigenvalue weighted by Crippen LogP contribution is 2.10. The molecule has 166 valence electrons. The van der Waals surface area contributed by atoms with Crippen molar-refractivity contribution < 1.29 is 29.0 Å². The van der Waals surface area contributed by atoms with Crippen molar-refractivity contribution in [2.24, 2.45) is 0 Å². The molecule has 2 N–H and O–H groups in total. The summed E-state index contributed by atoms with van der Waals surface area (Å²) in [6, 6.07) is 5.14. The van der Waals surface area contributed by atoms with Gasteiger partial charge in [0.05, 0.1) is 26.0 Å². The first-order valence-corrected chi connectivity index (χ1v) is 9.85. The largest absolute Gasteiger partial charge is 0.545 e. The van der Waals surface area contributed by atoms with Crippen LogP contribution in [-0.2, 0) is 0 Å². The van der Waals surface area contributed by atoms with E-state index in [2.05, 4.69) is 75.4 Å². The lowest BCUT2D eigenvalue weighted by atomic mass is 10.1. The number of likely N-dealkylation sites (N-methyl/N-ethyl adjacent to an activating group) is 2. The topological polar surface area (TPSA) is 110 Å². The molecule has 8 nitrogen and oxygen atoms in total. The molecule has 0 bridgehead atoms. The lowest BCUT2D eigenvalue weighted by Gasteiger charge is -2.13. The first kappa shape index (κ1) is 25.1. The zero-order chi connectivity index (χ0) is 23.3. The number of aromatic carboxylic acids is 2. The van der Waals surface area contributed by atoms with E-state index in [1.54, 1.807) is 0 Å². The Kier molecular flexibility index (Phi) is 8.16. The zero-order valence-electron chi connectivity index (χ0n) is 19.3. The Balaban J connectivity index is 0.000000229. The molecule has 0 unspecified atom stereocenters. The maximum atomic E-state index is 10.3. The molecule has 0 saturated heterocycles. The molecule has 0 saturated carbocycles. The van der Waals surface area contributed by atoms with Gasteiger partial charge in [-0.15, -0.1) is 0 Å². The number of carbonyl (C=O) groups is 2. The number of carboxylic acids is 2. The molecule has 1 aromatic rings. The molecule has 0 radical (unpaired) electrons. The highest BCUT2D eigenvalue weighted by atomic mass is 16.4. The van der Waals surface area contributed by atoms with Crippen LogP contribution in [0.5, 0.6) is 0 Å². The summed E-state index contributed by atoms with van der Waals surface area (Å²) in [5.74, 6) is -0.482. The second-order valence-corrected chi connectivity index (χ2v) is 8.74. The fourth-order valence-corrected chi connectivity index (χ4v) is 2.91. The van der Waals surface area contributed by atoms with Crippen LogP contribution in [0.2, 0.25) is 0 Å². The molecule has 3 rings (SSSR count). The standard InChI is InChI=1S/C8H6O4.2C7H14N2/c9-7(10)5-3-1-2-4-6(5)8(11)12;2*1-6-8-5-7(2,3)9(6)4/h1-4H,(H,9,10)(H,11,12);2*5H2,1-4H3. The maximum absolute atomic E-state index is 10.3. The van der Waals surface area contributed by atoms with E-state index in [1.165, 1.54) is 23.8 Å². The number of rotatable bonds is 2. The van der Waals surface area contributed by atoms with E-state index in [9.17, 15) is 19.8 Å². The molecule has 0 atom stereocenters. The molecular formula is C22H34N4O4. The van der Waals surface area contributed by atoms with Crippen LogP contribution in [0, 0.1) is 0 Å². The van der Waals surface area contributed by atoms with Crippen LogP contribution < -0.4 is 20.8 Å². The van der Waals surface area contributed by atoms with Crippen LogP contribution in [0.1, 0.15) is 62.3 Å². The second kappa shape index (κ2) is 9.73. The van der Waals surface area contributed by atoms with E-state index < -0.39 is 11.9 Å². The van der Waals surface area contributed by atoms with Gasteiger partial charge >= 0.3 is 0 Å². The average Bonchev–Trinajstić information content (AvgIpc) is 3.06. The van der Waals surface area contributed by atoms with Gasteiger partial charge in [0.1, 0.15) is 24.2 Å². The van der Waals surface area contributed by atoms with E-state index in [0.29, 0.717) is 11.1 Å². The zero-order valence-corrected chi connectivity index (χ0v) is 19.3. The Morgan fingerprint density at radius 2 is 1.10 bits per heavy atom. The summed E-state index contributed by atoms with van der Waals surface area (Å²) in [6.07, 6.45) is 0. The van der Waals surface area contributed by atoms with Gasteiger partial charge in [-0.2, -0.15) is 0 Å². The van der Waals surface area contributed by atoms with Crippen molar-refractivity contribution in [1.82, 2.24) is 10.6 Å². The van der Waals surface area contributed by atoms with Gasteiger partial charge in [-0.3, -0.25) is 19.8 Å². The Morgan fingerprint density at radius 1 is 0.800 bits per heavy atom. The predicted octanol–water partition coefficient (Wildman–Crippen LogP) is -0.729. The van der Waals surface area contributed by atoms with Crippen molar-refractivity contribution in [3.63, 3.8) is 0 Å². The van der Waals surface area contributed by atoms with E-state index in [0.717, 1.165) is 25.2 Å². The smallest absolute Gasteiger partial charge is 0.241 e. The molecule has 0 amide bonds. The molecule has 8 heteroatoms. The highest BCUT2D eigenvalue weighted by molar-refractivity contribution is 5.99. The van der Waals surface area contributed by atoms with Gasteiger partial charge < -0.3 is 19.8 Å². The lowest BCUT2D eigenvalue weighted by Crippen LogP contribution is -2.33. The van der Waals surface area contributed by atoms with Gasteiger partial charge in [-0.1, -0.05) is 24.3 Å². The average molecular weight is 419 g/mol. The van der Waals surface area contributed by atoms with Crippen LogP contribution in [0.4, 0.5) is 0 Å². The van der Waals surface area contributed by atoms with Crippen molar-refractivity contribution in [2.75, 3.05) is 27.2 Å². The molecule has 2 heterocycles. The van der Waals surface area contributed by atoms with Crippen LogP contribution in [-0.4, -0.2) is 71.0 Å². The maximum Gasteiger partial charge on any atom is 0.241 e.